The Labute approximate surface area is 197 Å². The van der Waals surface area contributed by atoms with Crippen molar-refractivity contribution in [2.75, 3.05) is 31.1 Å². The van der Waals surface area contributed by atoms with Gasteiger partial charge in [0.15, 0.2) is 0 Å². The van der Waals surface area contributed by atoms with Gasteiger partial charge in [0.1, 0.15) is 0 Å². The zero-order valence-corrected chi connectivity index (χ0v) is 19.4. The molecule has 0 aliphatic carbocycles. The van der Waals surface area contributed by atoms with Crippen LogP contribution in [0, 0.1) is 0 Å². The zero-order chi connectivity index (χ0) is 21.1. The zero-order valence-electron chi connectivity index (χ0n) is 16.4. The van der Waals surface area contributed by atoms with E-state index < -0.39 is 0 Å². The van der Waals surface area contributed by atoms with Gasteiger partial charge < -0.3 is 4.90 Å². The molecule has 6 heteroatoms. The fourth-order valence-corrected chi connectivity index (χ4v) is 4.85. The van der Waals surface area contributed by atoms with Crippen molar-refractivity contribution in [3.05, 3.63) is 97.9 Å². The van der Waals surface area contributed by atoms with Gasteiger partial charge in [-0.05, 0) is 60.0 Å². The molecule has 156 valence electrons. The Bertz CT molecular complexity index is 1010. The Balaban J connectivity index is 1.55. The summed E-state index contributed by atoms with van der Waals surface area (Å²) in [5.41, 5.74) is 3.49. The predicted molar refractivity (Wildman–Crippen MR) is 130 cm³/mol. The number of nitrogens with zero attached hydrogens (tertiary/aromatic N) is 2. The smallest absolute Gasteiger partial charge is 0.0670 e. The van der Waals surface area contributed by atoms with Crippen LogP contribution in [0.15, 0.2) is 66.7 Å². The van der Waals surface area contributed by atoms with Crippen molar-refractivity contribution in [1.82, 2.24) is 4.90 Å². The molecule has 1 atom stereocenters. The number of hydrogen-bond acceptors (Lipinski definition) is 2. The lowest BCUT2D eigenvalue weighted by Gasteiger charge is -2.43. The SMILES string of the molecule is Clc1ccc([C@@H]2CN(CCc3cccc(Cl)c3)CCN2c2ccc(Cl)cc2Cl)cc1. The summed E-state index contributed by atoms with van der Waals surface area (Å²) in [7, 11) is 0. The minimum absolute atomic E-state index is 0.175. The van der Waals surface area contributed by atoms with Gasteiger partial charge in [0, 0.05) is 41.2 Å². The number of hydrogen-bond donors (Lipinski definition) is 0. The molecule has 1 aliphatic heterocycles. The van der Waals surface area contributed by atoms with Crippen LogP contribution in [-0.4, -0.2) is 31.1 Å². The van der Waals surface area contributed by atoms with Crippen molar-refractivity contribution < 1.29 is 0 Å². The molecule has 4 rings (SSSR count). The fourth-order valence-electron chi connectivity index (χ4n) is 4.00. The fraction of sp³-hybridized carbons (Fsp3) is 0.250. The van der Waals surface area contributed by atoms with Crippen LogP contribution < -0.4 is 4.90 Å². The second-order valence-electron chi connectivity index (χ2n) is 7.54. The van der Waals surface area contributed by atoms with Gasteiger partial charge in [0.25, 0.3) is 0 Å². The normalized spacial score (nSPS) is 17.3. The summed E-state index contributed by atoms with van der Waals surface area (Å²) in [5.74, 6) is 0. The summed E-state index contributed by atoms with van der Waals surface area (Å²) in [6.45, 7) is 3.72. The van der Waals surface area contributed by atoms with E-state index in [1.54, 1.807) is 0 Å². The Morgan fingerprint density at radius 1 is 0.767 bits per heavy atom. The van der Waals surface area contributed by atoms with Gasteiger partial charge in [0.2, 0.25) is 0 Å². The highest BCUT2D eigenvalue weighted by Gasteiger charge is 2.29. The van der Waals surface area contributed by atoms with E-state index >= 15 is 0 Å². The quantitative estimate of drug-likeness (QED) is 0.376. The first-order chi connectivity index (χ1) is 14.5. The van der Waals surface area contributed by atoms with Gasteiger partial charge in [-0.1, -0.05) is 70.7 Å². The Kier molecular flexibility index (Phi) is 7.12. The molecule has 0 radical (unpaired) electrons. The van der Waals surface area contributed by atoms with E-state index in [4.69, 9.17) is 46.4 Å². The number of piperazine rings is 1. The monoisotopic (exact) mass is 478 g/mol. The molecular weight excluding hydrogens is 458 g/mol. The predicted octanol–water partition coefficient (Wildman–Crippen LogP) is 7.41. The van der Waals surface area contributed by atoms with Crippen molar-refractivity contribution in [3.8, 4) is 0 Å². The summed E-state index contributed by atoms with van der Waals surface area (Å²) < 4.78 is 0. The van der Waals surface area contributed by atoms with Crippen molar-refractivity contribution in [2.24, 2.45) is 0 Å². The number of halogens is 4. The van der Waals surface area contributed by atoms with Crippen LogP contribution in [0.2, 0.25) is 20.1 Å². The van der Waals surface area contributed by atoms with E-state index in [2.05, 4.69) is 28.0 Å². The minimum Gasteiger partial charge on any atom is -0.361 e. The highest BCUT2D eigenvalue weighted by atomic mass is 35.5. The first-order valence-electron chi connectivity index (χ1n) is 9.93. The van der Waals surface area contributed by atoms with E-state index in [0.717, 1.165) is 48.3 Å². The van der Waals surface area contributed by atoms with Crippen LogP contribution in [0.3, 0.4) is 0 Å². The third-order valence-corrected chi connectivity index (χ3v) is 6.57. The highest BCUT2D eigenvalue weighted by molar-refractivity contribution is 6.36. The maximum Gasteiger partial charge on any atom is 0.0670 e. The van der Waals surface area contributed by atoms with Crippen molar-refractivity contribution in [1.29, 1.82) is 0 Å². The third kappa shape index (κ3) is 5.25. The molecule has 0 unspecified atom stereocenters. The Morgan fingerprint density at radius 3 is 2.23 bits per heavy atom. The van der Waals surface area contributed by atoms with Gasteiger partial charge in [-0.15, -0.1) is 0 Å². The van der Waals surface area contributed by atoms with Crippen LogP contribution in [-0.2, 0) is 6.42 Å². The van der Waals surface area contributed by atoms with Gasteiger partial charge >= 0.3 is 0 Å². The maximum absolute atomic E-state index is 6.56. The summed E-state index contributed by atoms with van der Waals surface area (Å²) in [6.07, 6.45) is 0.968. The number of benzene rings is 3. The topological polar surface area (TPSA) is 6.48 Å². The van der Waals surface area contributed by atoms with E-state index in [9.17, 15) is 0 Å². The average Bonchev–Trinajstić information content (AvgIpc) is 2.73. The average molecular weight is 480 g/mol. The standard InChI is InChI=1S/C24H22Cl4N2/c25-19-6-4-18(5-7-19)24-16-29(11-10-17-2-1-3-20(26)14-17)12-13-30(24)23-9-8-21(27)15-22(23)28/h1-9,14-15,24H,10-13,16H2/t24-/m0/s1. The maximum atomic E-state index is 6.56. The van der Waals surface area contributed by atoms with Crippen LogP contribution >= 0.6 is 46.4 Å². The summed E-state index contributed by atoms with van der Waals surface area (Å²) in [6, 6.07) is 22.1. The summed E-state index contributed by atoms with van der Waals surface area (Å²) in [4.78, 5) is 4.87. The number of rotatable bonds is 5. The van der Waals surface area contributed by atoms with Gasteiger partial charge in [-0.3, -0.25) is 4.90 Å². The van der Waals surface area contributed by atoms with Crippen molar-refractivity contribution >= 4 is 52.1 Å². The first kappa shape index (κ1) is 21.8. The molecule has 3 aromatic carbocycles. The Morgan fingerprint density at radius 2 is 1.50 bits per heavy atom. The molecule has 0 N–H and O–H groups in total. The lowest BCUT2D eigenvalue weighted by Crippen LogP contribution is -2.49. The second-order valence-corrected chi connectivity index (χ2v) is 9.25. The lowest BCUT2D eigenvalue weighted by atomic mass is 10.0. The molecule has 3 aromatic rings. The minimum atomic E-state index is 0.175. The van der Waals surface area contributed by atoms with Crippen molar-refractivity contribution in [2.45, 2.75) is 12.5 Å². The van der Waals surface area contributed by atoms with Gasteiger partial charge in [-0.2, -0.15) is 0 Å². The molecule has 0 amide bonds. The molecule has 30 heavy (non-hydrogen) atoms. The highest BCUT2D eigenvalue weighted by Crippen LogP contribution is 2.36. The van der Waals surface area contributed by atoms with Gasteiger partial charge in [-0.25, -0.2) is 0 Å². The second kappa shape index (κ2) is 9.80. The molecule has 0 saturated carbocycles. The molecule has 1 fully saturated rings. The lowest BCUT2D eigenvalue weighted by molar-refractivity contribution is 0.226. The molecule has 0 bridgehead atoms. The summed E-state index contributed by atoms with van der Waals surface area (Å²) >= 11 is 25.0. The van der Waals surface area contributed by atoms with E-state index in [1.807, 2.05) is 48.5 Å². The molecule has 1 aliphatic rings. The number of anilines is 1. The largest absolute Gasteiger partial charge is 0.361 e. The van der Waals surface area contributed by atoms with Crippen LogP contribution in [0.25, 0.3) is 0 Å². The third-order valence-electron chi connectivity index (χ3n) is 5.54. The van der Waals surface area contributed by atoms with Crippen molar-refractivity contribution in [3.63, 3.8) is 0 Å². The van der Waals surface area contributed by atoms with E-state index in [-0.39, 0.29) is 6.04 Å². The summed E-state index contributed by atoms with van der Waals surface area (Å²) in [5, 5.41) is 2.85. The molecule has 0 aromatic heterocycles. The van der Waals surface area contributed by atoms with E-state index in [1.165, 1.54) is 11.1 Å². The van der Waals surface area contributed by atoms with Crippen LogP contribution in [0.5, 0.6) is 0 Å². The molecular formula is C24H22Cl4N2. The first-order valence-corrected chi connectivity index (χ1v) is 11.4. The Hall–Kier alpha value is -1.42. The van der Waals surface area contributed by atoms with Gasteiger partial charge in [0.05, 0.1) is 16.8 Å². The van der Waals surface area contributed by atoms with E-state index in [0.29, 0.717) is 10.0 Å². The molecule has 0 spiro atoms. The van der Waals surface area contributed by atoms with Crippen LogP contribution in [0.4, 0.5) is 5.69 Å². The van der Waals surface area contributed by atoms with Crippen LogP contribution in [0.1, 0.15) is 17.2 Å². The molecule has 1 heterocycles. The molecule has 1 saturated heterocycles. The molecule has 2 nitrogen and oxygen atoms in total.